The Kier molecular flexibility index (Phi) is 7.17. The summed E-state index contributed by atoms with van der Waals surface area (Å²) in [5, 5.41) is 22.4. The van der Waals surface area contributed by atoms with Crippen molar-refractivity contribution in [3.63, 3.8) is 0 Å². The summed E-state index contributed by atoms with van der Waals surface area (Å²) in [6.07, 6.45) is 0.715. The molecule has 1 aliphatic heterocycles. The van der Waals surface area contributed by atoms with E-state index < -0.39 is 46.6 Å². The highest BCUT2D eigenvalue weighted by atomic mass is 35.5. The van der Waals surface area contributed by atoms with E-state index in [0.717, 1.165) is 6.07 Å². The van der Waals surface area contributed by atoms with Gasteiger partial charge in [0.15, 0.2) is 0 Å². The lowest BCUT2D eigenvalue weighted by Gasteiger charge is -2.40. The molecule has 2 aromatic rings. The maximum atomic E-state index is 15.2. The second-order valence-corrected chi connectivity index (χ2v) is 9.90. The Balaban J connectivity index is 2.27. The molecule has 5 nitrogen and oxygen atoms in total. The van der Waals surface area contributed by atoms with Crippen LogP contribution in [0.4, 0.5) is 8.78 Å². The van der Waals surface area contributed by atoms with E-state index in [1.165, 1.54) is 30.3 Å². The van der Waals surface area contributed by atoms with E-state index in [1.807, 2.05) is 13.8 Å². The number of benzene rings is 2. The summed E-state index contributed by atoms with van der Waals surface area (Å²) in [6, 6.07) is 6.17. The maximum Gasteiger partial charge on any atom is 0.321 e. The molecule has 9 heteroatoms. The summed E-state index contributed by atoms with van der Waals surface area (Å²) < 4.78 is 30.3. The molecule has 3 rings (SSSR count). The molecule has 174 valence electrons. The summed E-state index contributed by atoms with van der Waals surface area (Å²) in [5.74, 6) is -3.94. The highest BCUT2D eigenvalue weighted by Gasteiger charge is 2.58. The van der Waals surface area contributed by atoms with Gasteiger partial charge in [-0.2, -0.15) is 0 Å². The van der Waals surface area contributed by atoms with Crippen LogP contribution in [0.15, 0.2) is 36.4 Å². The zero-order valence-electron chi connectivity index (χ0n) is 17.7. The molecule has 32 heavy (non-hydrogen) atoms. The fourth-order valence-electron chi connectivity index (χ4n) is 4.74. The minimum Gasteiger partial charge on any atom is -0.480 e. The van der Waals surface area contributed by atoms with Crippen molar-refractivity contribution in [2.45, 2.75) is 50.2 Å². The molecule has 1 fully saturated rings. The van der Waals surface area contributed by atoms with E-state index in [4.69, 9.17) is 28.9 Å². The number of hydrogen-bond donors (Lipinski definition) is 4. The molecule has 0 bridgehead atoms. The first-order valence-electron chi connectivity index (χ1n) is 10.2. The smallest absolute Gasteiger partial charge is 0.321 e. The Bertz CT molecular complexity index is 1020. The van der Waals surface area contributed by atoms with E-state index in [-0.39, 0.29) is 27.8 Å². The molecule has 4 atom stereocenters. The van der Waals surface area contributed by atoms with Crippen molar-refractivity contribution in [1.29, 1.82) is 0 Å². The van der Waals surface area contributed by atoms with Gasteiger partial charge in [0.25, 0.3) is 0 Å². The van der Waals surface area contributed by atoms with Gasteiger partial charge >= 0.3 is 5.97 Å². The van der Waals surface area contributed by atoms with E-state index in [1.54, 1.807) is 0 Å². The standard InChI is InChI=1S/C23H26Cl2F2N2O3/c1-22(2,8-9-30)11-17-23(28,14-7-6-12(24)10-16(14)26)18(20(29-17)21(31)32)13-4-3-5-15(25)19(13)27/h3-7,10,17-18,20,29-30H,8-9,11,28H2,1-2H3,(H,31,32). The fraction of sp³-hybridized carbons (Fsp3) is 0.435. The molecule has 0 aromatic heterocycles. The molecule has 0 aliphatic carbocycles. The van der Waals surface area contributed by atoms with Crippen LogP contribution < -0.4 is 11.1 Å². The number of carboxylic acids is 1. The molecule has 4 unspecified atom stereocenters. The maximum absolute atomic E-state index is 15.2. The largest absolute Gasteiger partial charge is 0.480 e. The van der Waals surface area contributed by atoms with Gasteiger partial charge in [0.1, 0.15) is 17.7 Å². The fourth-order valence-corrected chi connectivity index (χ4v) is 5.08. The lowest BCUT2D eigenvalue weighted by atomic mass is 9.68. The van der Waals surface area contributed by atoms with Crippen LogP contribution in [0, 0.1) is 17.0 Å². The zero-order valence-corrected chi connectivity index (χ0v) is 19.2. The number of aliphatic carboxylic acids is 1. The van der Waals surface area contributed by atoms with Gasteiger partial charge in [0, 0.05) is 29.2 Å². The number of rotatable bonds is 7. The molecule has 1 saturated heterocycles. The summed E-state index contributed by atoms with van der Waals surface area (Å²) >= 11 is 11.9. The van der Waals surface area contributed by atoms with Crippen molar-refractivity contribution in [2.75, 3.05) is 6.61 Å². The molecule has 5 N–H and O–H groups in total. The van der Waals surface area contributed by atoms with Crippen molar-refractivity contribution in [3.05, 3.63) is 69.2 Å². The van der Waals surface area contributed by atoms with Crippen LogP contribution in [0.5, 0.6) is 0 Å². The van der Waals surface area contributed by atoms with Crippen LogP contribution in [0.2, 0.25) is 10.0 Å². The molecular formula is C23H26Cl2F2N2O3. The second-order valence-electron chi connectivity index (χ2n) is 9.06. The van der Waals surface area contributed by atoms with E-state index in [9.17, 15) is 15.0 Å². The Hall–Kier alpha value is -1.77. The van der Waals surface area contributed by atoms with Crippen LogP contribution in [0.3, 0.4) is 0 Å². The topological polar surface area (TPSA) is 95.6 Å². The molecular weight excluding hydrogens is 461 g/mol. The van der Waals surface area contributed by atoms with Crippen molar-refractivity contribution in [3.8, 4) is 0 Å². The van der Waals surface area contributed by atoms with Gasteiger partial charge in [0.2, 0.25) is 0 Å². The molecule has 1 heterocycles. The van der Waals surface area contributed by atoms with Crippen LogP contribution >= 0.6 is 23.2 Å². The Morgan fingerprint density at radius 3 is 2.53 bits per heavy atom. The first kappa shape index (κ1) is 24.9. The Morgan fingerprint density at radius 1 is 1.25 bits per heavy atom. The number of aliphatic hydroxyl groups excluding tert-OH is 1. The minimum atomic E-state index is -1.66. The Morgan fingerprint density at radius 2 is 1.94 bits per heavy atom. The SMILES string of the molecule is CC(C)(CCO)CC1NC(C(=O)O)C(c2cccc(Cl)c2F)C1(N)c1ccc(Cl)cc1F. The zero-order chi connectivity index (χ0) is 23.8. The molecule has 0 amide bonds. The first-order valence-corrected chi connectivity index (χ1v) is 11.0. The highest BCUT2D eigenvalue weighted by molar-refractivity contribution is 6.31. The van der Waals surface area contributed by atoms with Gasteiger partial charge in [-0.05, 0) is 42.0 Å². The van der Waals surface area contributed by atoms with Gasteiger partial charge in [-0.25, -0.2) is 8.78 Å². The van der Waals surface area contributed by atoms with Crippen molar-refractivity contribution >= 4 is 29.2 Å². The molecule has 2 aromatic carbocycles. The quantitative estimate of drug-likeness (QED) is 0.464. The number of carbonyl (C=O) groups is 1. The van der Waals surface area contributed by atoms with E-state index >= 15 is 8.78 Å². The molecule has 0 saturated carbocycles. The van der Waals surface area contributed by atoms with E-state index in [0.29, 0.717) is 12.8 Å². The van der Waals surface area contributed by atoms with Crippen molar-refractivity contribution in [2.24, 2.45) is 11.1 Å². The summed E-state index contributed by atoms with van der Waals surface area (Å²) in [6.45, 7) is 3.71. The summed E-state index contributed by atoms with van der Waals surface area (Å²) in [7, 11) is 0. The number of nitrogens with one attached hydrogen (secondary N) is 1. The van der Waals surface area contributed by atoms with Crippen LogP contribution in [-0.2, 0) is 10.3 Å². The lowest BCUT2D eigenvalue weighted by Crippen LogP contribution is -2.52. The third kappa shape index (κ3) is 4.50. The number of nitrogens with two attached hydrogens (primary N) is 1. The Labute approximate surface area is 195 Å². The van der Waals surface area contributed by atoms with Crippen LogP contribution in [0.1, 0.15) is 43.7 Å². The van der Waals surface area contributed by atoms with Crippen molar-refractivity contribution in [1.82, 2.24) is 5.32 Å². The predicted molar refractivity (Wildman–Crippen MR) is 120 cm³/mol. The van der Waals surface area contributed by atoms with Gasteiger partial charge < -0.3 is 15.9 Å². The van der Waals surface area contributed by atoms with Crippen LogP contribution in [-0.4, -0.2) is 34.9 Å². The number of hydrogen-bond acceptors (Lipinski definition) is 4. The molecule has 1 aliphatic rings. The van der Waals surface area contributed by atoms with E-state index in [2.05, 4.69) is 5.32 Å². The summed E-state index contributed by atoms with van der Waals surface area (Å²) in [4.78, 5) is 12.2. The van der Waals surface area contributed by atoms with Gasteiger partial charge in [-0.15, -0.1) is 0 Å². The monoisotopic (exact) mass is 486 g/mol. The van der Waals surface area contributed by atoms with Gasteiger partial charge in [-0.3, -0.25) is 10.1 Å². The predicted octanol–water partition coefficient (Wildman–Crippen LogP) is 4.43. The average molecular weight is 487 g/mol. The molecule has 0 radical (unpaired) electrons. The number of halogens is 4. The molecule has 0 spiro atoms. The third-order valence-corrected chi connectivity index (χ3v) is 6.86. The van der Waals surface area contributed by atoms with Gasteiger partial charge in [0.05, 0.1) is 10.6 Å². The average Bonchev–Trinajstić information content (AvgIpc) is 2.96. The van der Waals surface area contributed by atoms with Gasteiger partial charge in [-0.1, -0.05) is 55.2 Å². The number of carboxylic acid groups (broad SMARTS) is 1. The lowest BCUT2D eigenvalue weighted by molar-refractivity contribution is -0.139. The number of aliphatic hydroxyl groups is 1. The second kappa shape index (κ2) is 9.23. The highest BCUT2D eigenvalue weighted by Crippen LogP contribution is 2.50. The first-order chi connectivity index (χ1) is 14.9. The normalized spacial score (nSPS) is 25.8. The minimum absolute atomic E-state index is 0.0169. The van der Waals surface area contributed by atoms with Crippen LogP contribution in [0.25, 0.3) is 0 Å². The third-order valence-electron chi connectivity index (χ3n) is 6.33. The van der Waals surface area contributed by atoms with Crippen molar-refractivity contribution < 1.29 is 23.8 Å². The summed E-state index contributed by atoms with van der Waals surface area (Å²) in [5.41, 5.74) is 4.80.